The summed E-state index contributed by atoms with van der Waals surface area (Å²) in [4.78, 5) is 22.3. The Morgan fingerprint density at radius 1 is 0.941 bits per heavy atom. The van der Waals surface area contributed by atoms with Gasteiger partial charge in [-0.2, -0.15) is 0 Å². The van der Waals surface area contributed by atoms with Crippen LogP contribution in [-0.4, -0.2) is 49.1 Å². The Balaban J connectivity index is 1.39. The highest BCUT2D eigenvalue weighted by molar-refractivity contribution is 6.30. The van der Waals surface area contributed by atoms with Gasteiger partial charge in [0.15, 0.2) is 0 Å². The molecule has 1 N–H and O–H groups in total. The Labute approximate surface area is 203 Å². The summed E-state index contributed by atoms with van der Waals surface area (Å²) in [6, 6.07) is 23.5. The molecule has 1 fully saturated rings. The molecule has 1 amide bonds. The summed E-state index contributed by atoms with van der Waals surface area (Å²) in [7, 11) is 1.60. The second-order valence-corrected chi connectivity index (χ2v) is 8.59. The van der Waals surface area contributed by atoms with Crippen molar-refractivity contribution in [3.8, 4) is 5.75 Å². The van der Waals surface area contributed by atoms with Gasteiger partial charge in [0, 0.05) is 54.5 Å². The van der Waals surface area contributed by atoms with Crippen molar-refractivity contribution in [1.82, 2.24) is 9.88 Å². The zero-order valence-corrected chi connectivity index (χ0v) is 19.6. The number of anilines is 3. The third-order valence-corrected chi connectivity index (χ3v) is 6.37. The first-order valence-corrected chi connectivity index (χ1v) is 11.6. The Morgan fingerprint density at radius 2 is 1.65 bits per heavy atom. The van der Waals surface area contributed by atoms with Gasteiger partial charge in [-0.25, -0.2) is 4.98 Å². The van der Waals surface area contributed by atoms with Crippen molar-refractivity contribution in [2.24, 2.45) is 0 Å². The number of nitrogens with one attached hydrogen (secondary N) is 1. The number of hydrogen-bond donors (Lipinski definition) is 1. The molecule has 0 aliphatic carbocycles. The van der Waals surface area contributed by atoms with E-state index in [4.69, 9.17) is 16.3 Å². The molecule has 172 valence electrons. The van der Waals surface area contributed by atoms with E-state index in [1.54, 1.807) is 25.4 Å². The van der Waals surface area contributed by atoms with Crippen LogP contribution in [0, 0.1) is 0 Å². The fraction of sp³-hybridized carbons (Fsp3) is 0.185. The summed E-state index contributed by atoms with van der Waals surface area (Å²) in [6.07, 6.45) is 1.67. The molecule has 1 saturated heterocycles. The van der Waals surface area contributed by atoms with Gasteiger partial charge in [-0.15, -0.1) is 0 Å². The second kappa shape index (κ2) is 9.61. The van der Waals surface area contributed by atoms with Crippen molar-refractivity contribution in [3.63, 3.8) is 0 Å². The highest BCUT2D eigenvalue weighted by atomic mass is 35.5. The molecule has 0 radical (unpaired) electrons. The maximum Gasteiger partial charge on any atom is 0.256 e. The van der Waals surface area contributed by atoms with Crippen molar-refractivity contribution in [1.29, 1.82) is 0 Å². The lowest BCUT2D eigenvalue weighted by Crippen LogP contribution is -2.48. The molecule has 0 unspecified atom stereocenters. The number of amides is 1. The number of hydrogen-bond acceptors (Lipinski definition) is 5. The van der Waals surface area contributed by atoms with Gasteiger partial charge >= 0.3 is 0 Å². The van der Waals surface area contributed by atoms with Crippen LogP contribution < -0.4 is 15.0 Å². The van der Waals surface area contributed by atoms with Crippen molar-refractivity contribution >= 4 is 45.5 Å². The molecule has 3 aromatic carbocycles. The van der Waals surface area contributed by atoms with Crippen LogP contribution >= 0.6 is 11.6 Å². The fourth-order valence-electron chi connectivity index (χ4n) is 4.34. The molecule has 0 saturated carbocycles. The van der Waals surface area contributed by atoms with Gasteiger partial charge in [-0.05, 0) is 29.7 Å². The van der Waals surface area contributed by atoms with Crippen LogP contribution in [0.25, 0.3) is 10.8 Å². The maximum atomic E-state index is 13.5. The third-order valence-electron chi connectivity index (χ3n) is 6.13. The highest BCUT2D eigenvalue weighted by Gasteiger charge is 2.24. The first-order chi connectivity index (χ1) is 16.6. The molecule has 1 aromatic heterocycles. The summed E-state index contributed by atoms with van der Waals surface area (Å²) in [5, 5.41) is 5.66. The standard InChI is InChI=1S/C27H25ClN4O2/c1-34-25-17-19(28)11-12-24(25)30-26-22-10-6-5-9-21(22)23(18-29-26)27(33)32-15-13-31(14-16-32)20-7-3-2-4-8-20/h2-12,17-18H,13-16H2,1H3,(H,29,30). The Bertz CT molecular complexity index is 1320. The predicted molar refractivity (Wildman–Crippen MR) is 138 cm³/mol. The molecule has 0 spiro atoms. The molecule has 6 nitrogen and oxygen atoms in total. The van der Waals surface area contributed by atoms with Gasteiger partial charge < -0.3 is 19.9 Å². The van der Waals surface area contributed by atoms with Gasteiger partial charge in [0.1, 0.15) is 11.6 Å². The molecule has 1 aliphatic heterocycles. The zero-order chi connectivity index (χ0) is 23.5. The number of halogens is 1. The minimum atomic E-state index is 0.00651. The Morgan fingerprint density at radius 3 is 2.38 bits per heavy atom. The van der Waals surface area contributed by atoms with E-state index < -0.39 is 0 Å². The number of piperazine rings is 1. The number of carbonyl (C=O) groups excluding carboxylic acids is 1. The van der Waals surface area contributed by atoms with Crippen molar-refractivity contribution in [3.05, 3.63) is 89.6 Å². The quantitative estimate of drug-likeness (QED) is 0.409. The van der Waals surface area contributed by atoms with Crippen molar-refractivity contribution in [2.75, 3.05) is 43.5 Å². The predicted octanol–water partition coefficient (Wildman–Crippen LogP) is 5.60. The first-order valence-electron chi connectivity index (χ1n) is 11.2. The minimum absolute atomic E-state index is 0.00651. The largest absolute Gasteiger partial charge is 0.495 e. The summed E-state index contributed by atoms with van der Waals surface area (Å²) in [5.74, 6) is 1.28. The minimum Gasteiger partial charge on any atom is -0.495 e. The number of nitrogens with zero attached hydrogens (tertiary/aromatic N) is 3. The summed E-state index contributed by atoms with van der Waals surface area (Å²) in [6.45, 7) is 2.95. The fourth-order valence-corrected chi connectivity index (χ4v) is 4.50. The van der Waals surface area contributed by atoms with Crippen LogP contribution in [0.15, 0.2) is 79.0 Å². The molecule has 2 heterocycles. The summed E-state index contributed by atoms with van der Waals surface area (Å²) >= 11 is 6.10. The van der Waals surface area contributed by atoms with Crippen LogP contribution in [0.1, 0.15) is 10.4 Å². The van der Waals surface area contributed by atoms with Crippen molar-refractivity contribution < 1.29 is 9.53 Å². The molecule has 5 rings (SSSR count). The number of benzene rings is 3. The average Bonchev–Trinajstić information content (AvgIpc) is 2.90. The van der Waals surface area contributed by atoms with E-state index in [0.717, 1.165) is 29.5 Å². The lowest BCUT2D eigenvalue weighted by molar-refractivity contribution is 0.0748. The molecule has 1 aliphatic rings. The van der Waals surface area contributed by atoms with Crippen LogP contribution in [-0.2, 0) is 0 Å². The number of fused-ring (bicyclic) bond motifs is 1. The Hall–Kier alpha value is -3.77. The van der Waals surface area contributed by atoms with Gasteiger partial charge in [0.25, 0.3) is 5.91 Å². The number of aromatic nitrogens is 1. The normalized spacial score (nSPS) is 13.7. The van der Waals surface area contributed by atoms with Gasteiger partial charge in [-0.3, -0.25) is 4.79 Å². The molecular weight excluding hydrogens is 448 g/mol. The number of rotatable bonds is 5. The van der Waals surface area contributed by atoms with Gasteiger partial charge in [0.2, 0.25) is 0 Å². The lowest BCUT2D eigenvalue weighted by Gasteiger charge is -2.36. The summed E-state index contributed by atoms with van der Waals surface area (Å²) < 4.78 is 5.45. The molecule has 4 aromatic rings. The number of carbonyl (C=O) groups is 1. The van der Waals surface area contributed by atoms with E-state index in [2.05, 4.69) is 27.3 Å². The smallest absolute Gasteiger partial charge is 0.256 e. The topological polar surface area (TPSA) is 57.7 Å². The maximum absolute atomic E-state index is 13.5. The number of ether oxygens (including phenoxy) is 1. The average molecular weight is 473 g/mol. The third kappa shape index (κ3) is 4.37. The molecule has 34 heavy (non-hydrogen) atoms. The molecule has 0 bridgehead atoms. The number of pyridine rings is 1. The molecule has 0 atom stereocenters. The SMILES string of the molecule is COc1cc(Cl)ccc1Nc1ncc(C(=O)N2CCN(c3ccccc3)CC2)c2ccccc12. The van der Waals surface area contributed by atoms with E-state index in [0.29, 0.717) is 35.2 Å². The van der Waals surface area contributed by atoms with Crippen LogP contribution in [0.3, 0.4) is 0 Å². The van der Waals surface area contributed by atoms with E-state index in [1.807, 2.05) is 53.4 Å². The van der Waals surface area contributed by atoms with E-state index in [-0.39, 0.29) is 5.91 Å². The summed E-state index contributed by atoms with van der Waals surface area (Å²) in [5.41, 5.74) is 2.55. The monoisotopic (exact) mass is 472 g/mol. The van der Waals surface area contributed by atoms with E-state index in [1.165, 1.54) is 5.69 Å². The molecular formula is C27H25ClN4O2. The van der Waals surface area contributed by atoms with E-state index in [9.17, 15) is 4.79 Å². The highest BCUT2D eigenvalue weighted by Crippen LogP contribution is 2.33. The van der Waals surface area contributed by atoms with Gasteiger partial charge in [-0.1, -0.05) is 54.1 Å². The van der Waals surface area contributed by atoms with Crippen LogP contribution in [0.5, 0.6) is 5.75 Å². The number of methoxy groups -OCH3 is 1. The van der Waals surface area contributed by atoms with Gasteiger partial charge in [0.05, 0.1) is 18.4 Å². The second-order valence-electron chi connectivity index (χ2n) is 8.15. The van der Waals surface area contributed by atoms with Crippen LogP contribution in [0.4, 0.5) is 17.2 Å². The zero-order valence-electron chi connectivity index (χ0n) is 18.9. The van der Waals surface area contributed by atoms with Crippen molar-refractivity contribution in [2.45, 2.75) is 0 Å². The number of para-hydroxylation sites is 1. The molecule has 7 heteroatoms. The Kier molecular flexibility index (Phi) is 6.23. The van der Waals surface area contributed by atoms with E-state index >= 15 is 0 Å². The van der Waals surface area contributed by atoms with Crippen LogP contribution in [0.2, 0.25) is 5.02 Å². The first kappa shape index (κ1) is 22.0. The lowest BCUT2D eigenvalue weighted by atomic mass is 10.1.